The highest BCUT2D eigenvalue weighted by Gasteiger charge is 2.31. The molecule has 0 aliphatic carbocycles. The van der Waals surface area contributed by atoms with E-state index in [2.05, 4.69) is 6.92 Å². The molecule has 2 atom stereocenters. The van der Waals surface area contributed by atoms with Crippen LogP contribution in [0.3, 0.4) is 0 Å². The third kappa shape index (κ3) is 2.99. The topological polar surface area (TPSA) is 26.3 Å². The van der Waals surface area contributed by atoms with Crippen LogP contribution in [0.2, 0.25) is 0 Å². The molecule has 0 aromatic carbocycles. The largest absolute Gasteiger partial charge is 0.377 e. The average molecular weight is 202 g/mol. The zero-order valence-corrected chi connectivity index (χ0v) is 9.23. The van der Waals surface area contributed by atoms with Crippen molar-refractivity contribution < 1.29 is 9.53 Å². The Morgan fingerprint density at radius 1 is 1.62 bits per heavy atom. The van der Waals surface area contributed by atoms with E-state index in [-0.39, 0.29) is 12.0 Å². The third-order valence-corrected chi connectivity index (χ3v) is 3.19. The monoisotopic (exact) mass is 202 g/mol. The van der Waals surface area contributed by atoms with Crippen LogP contribution < -0.4 is 0 Å². The van der Waals surface area contributed by atoms with Gasteiger partial charge >= 0.3 is 0 Å². The van der Waals surface area contributed by atoms with Crippen molar-refractivity contribution in [2.24, 2.45) is 5.92 Å². The molecule has 0 spiro atoms. The maximum Gasteiger partial charge on any atom is 0.139 e. The van der Waals surface area contributed by atoms with Crippen LogP contribution in [0, 0.1) is 5.92 Å². The lowest BCUT2D eigenvalue weighted by atomic mass is 9.93. The molecule has 76 valence electrons. The van der Waals surface area contributed by atoms with E-state index in [9.17, 15) is 4.79 Å². The van der Waals surface area contributed by atoms with Crippen molar-refractivity contribution in [3.63, 3.8) is 0 Å². The van der Waals surface area contributed by atoms with E-state index < -0.39 is 0 Å². The minimum absolute atomic E-state index is 0.192. The highest BCUT2D eigenvalue weighted by Crippen LogP contribution is 2.25. The molecule has 13 heavy (non-hydrogen) atoms. The zero-order valence-electron chi connectivity index (χ0n) is 8.41. The number of hydrogen-bond acceptors (Lipinski definition) is 3. The Balaban J connectivity index is 2.36. The smallest absolute Gasteiger partial charge is 0.139 e. The average Bonchev–Trinajstić information content (AvgIpc) is 2.61. The van der Waals surface area contributed by atoms with Crippen molar-refractivity contribution in [1.82, 2.24) is 0 Å². The Bertz CT molecular complexity index is 170. The van der Waals surface area contributed by atoms with Crippen molar-refractivity contribution in [3.8, 4) is 0 Å². The summed E-state index contributed by atoms with van der Waals surface area (Å²) in [5.74, 6) is 1.54. The van der Waals surface area contributed by atoms with Crippen molar-refractivity contribution in [1.29, 1.82) is 0 Å². The SMILES string of the molecule is CCC1OCCC1C(=O)CCSC. The van der Waals surface area contributed by atoms with Gasteiger partial charge in [-0.15, -0.1) is 0 Å². The third-order valence-electron chi connectivity index (χ3n) is 2.58. The van der Waals surface area contributed by atoms with Gasteiger partial charge in [-0.1, -0.05) is 6.92 Å². The minimum atomic E-state index is 0.192. The lowest BCUT2D eigenvalue weighted by Gasteiger charge is -2.14. The summed E-state index contributed by atoms with van der Waals surface area (Å²) in [6.45, 7) is 2.86. The summed E-state index contributed by atoms with van der Waals surface area (Å²) >= 11 is 1.74. The Morgan fingerprint density at radius 2 is 2.38 bits per heavy atom. The summed E-state index contributed by atoms with van der Waals surface area (Å²) in [7, 11) is 0. The van der Waals surface area contributed by atoms with E-state index in [1.165, 1.54) is 0 Å². The van der Waals surface area contributed by atoms with E-state index in [0.717, 1.165) is 25.2 Å². The molecule has 0 bridgehead atoms. The molecule has 1 aliphatic rings. The number of ether oxygens (including phenoxy) is 1. The van der Waals surface area contributed by atoms with Gasteiger partial charge in [0.25, 0.3) is 0 Å². The molecule has 0 saturated carbocycles. The Hall–Kier alpha value is -0.0200. The fraction of sp³-hybridized carbons (Fsp3) is 0.900. The standard InChI is InChI=1S/C10H18O2S/c1-3-10-8(4-6-12-10)9(11)5-7-13-2/h8,10H,3-7H2,1-2H3. The molecule has 0 N–H and O–H groups in total. The highest BCUT2D eigenvalue weighted by atomic mass is 32.2. The van der Waals surface area contributed by atoms with Gasteiger partial charge < -0.3 is 4.74 Å². The van der Waals surface area contributed by atoms with Gasteiger partial charge in [0, 0.05) is 18.9 Å². The number of ketones is 1. The number of carbonyl (C=O) groups excluding carboxylic acids is 1. The fourth-order valence-corrected chi connectivity index (χ4v) is 2.21. The van der Waals surface area contributed by atoms with Gasteiger partial charge in [-0.05, 0) is 24.9 Å². The van der Waals surface area contributed by atoms with Gasteiger partial charge in [-0.25, -0.2) is 0 Å². The van der Waals surface area contributed by atoms with E-state index in [1.807, 2.05) is 6.26 Å². The van der Waals surface area contributed by atoms with Crippen LogP contribution in [0.1, 0.15) is 26.2 Å². The van der Waals surface area contributed by atoms with Crippen molar-refractivity contribution in [3.05, 3.63) is 0 Å². The molecule has 2 nitrogen and oxygen atoms in total. The first-order valence-corrected chi connectivity index (χ1v) is 6.32. The molecule has 1 aliphatic heterocycles. The molecular formula is C10H18O2S. The lowest BCUT2D eigenvalue weighted by molar-refractivity contribution is -0.124. The predicted octanol–water partition coefficient (Wildman–Crippen LogP) is 2.12. The second-order valence-corrected chi connectivity index (χ2v) is 4.41. The molecule has 2 unspecified atom stereocenters. The highest BCUT2D eigenvalue weighted by molar-refractivity contribution is 7.98. The fourth-order valence-electron chi connectivity index (χ4n) is 1.81. The molecule has 0 amide bonds. The second-order valence-electron chi connectivity index (χ2n) is 3.42. The molecular weight excluding hydrogens is 184 g/mol. The quantitative estimate of drug-likeness (QED) is 0.683. The zero-order chi connectivity index (χ0) is 9.68. The predicted molar refractivity (Wildman–Crippen MR) is 56.1 cm³/mol. The van der Waals surface area contributed by atoms with E-state index in [1.54, 1.807) is 11.8 Å². The maximum atomic E-state index is 11.7. The van der Waals surface area contributed by atoms with Crippen molar-refractivity contribution >= 4 is 17.5 Å². The number of hydrogen-bond donors (Lipinski definition) is 0. The molecule has 0 radical (unpaired) electrons. The summed E-state index contributed by atoms with van der Waals surface area (Å²) in [5.41, 5.74) is 0. The van der Waals surface area contributed by atoms with Gasteiger partial charge in [-0.2, -0.15) is 11.8 Å². The summed E-state index contributed by atoms with van der Waals surface area (Å²) in [6.07, 6.45) is 4.86. The van der Waals surface area contributed by atoms with Crippen LogP contribution in [0.25, 0.3) is 0 Å². The molecule has 1 heterocycles. The molecule has 0 aromatic rings. The van der Waals surface area contributed by atoms with Crippen LogP contribution >= 0.6 is 11.8 Å². The normalized spacial score (nSPS) is 27.8. The van der Waals surface area contributed by atoms with Crippen LogP contribution in [0.15, 0.2) is 0 Å². The first-order chi connectivity index (χ1) is 6.29. The first kappa shape index (κ1) is 11.1. The van der Waals surface area contributed by atoms with Crippen LogP contribution in [0.4, 0.5) is 0 Å². The first-order valence-electron chi connectivity index (χ1n) is 4.92. The van der Waals surface area contributed by atoms with Crippen molar-refractivity contribution in [2.75, 3.05) is 18.6 Å². The van der Waals surface area contributed by atoms with Crippen LogP contribution in [0.5, 0.6) is 0 Å². The maximum absolute atomic E-state index is 11.7. The number of rotatable bonds is 5. The Labute approximate surface area is 84.4 Å². The minimum Gasteiger partial charge on any atom is -0.377 e. The molecule has 1 saturated heterocycles. The molecule has 3 heteroatoms. The van der Waals surface area contributed by atoms with Gasteiger partial charge in [0.05, 0.1) is 6.10 Å². The summed E-state index contributed by atoms with van der Waals surface area (Å²) in [5, 5.41) is 0. The van der Waals surface area contributed by atoms with Gasteiger partial charge in [0.15, 0.2) is 0 Å². The Kier molecular flexibility index (Phi) is 4.81. The summed E-state index contributed by atoms with van der Waals surface area (Å²) < 4.78 is 5.49. The number of Topliss-reactive ketones (excluding diaryl/α,β-unsaturated/α-hetero) is 1. The molecule has 1 rings (SSSR count). The van der Waals surface area contributed by atoms with Crippen LogP contribution in [-0.2, 0) is 9.53 Å². The number of carbonyl (C=O) groups is 1. The lowest BCUT2D eigenvalue weighted by Crippen LogP contribution is -2.23. The molecule has 1 fully saturated rings. The van der Waals surface area contributed by atoms with Crippen molar-refractivity contribution in [2.45, 2.75) is 32.3 Å². The van der Waals surface area contributed by atoms with E-state index in [4.69, 9.17) is 4.74 Å². The van der Waals surface area contributed by atoms with Gasteiger partial charge in [0.2, 0.25) is 0 Å². The molecule has 0 aromatic heterocycles. The van der Waals surface area contributed by atoms with Gasteiger partial charge in [-0.3, -0.25) is 4.79 Å². The Morgan fingerprint density at radius 3 is 3.00 bits per heavy atom. The summed E-state index contributed by atoms with van der Waals surface area (Å²) in [4.78, 5) is 11.7. The van der Waals surface area contributed by atoms with E-state index >= 15 is 0 Å². The van der Waals surface area contributed by atoms with E-state index in [0.29, 0.717) is 12.2 Å². The summed E-state index contributed by atoms with van der Waals surface area (Å²) in [6, 6.07) is 0. The second kappa shape index (κ2) is 5.66. The van der Waals surface area contributed by atoms with Crippen LogP contribution in [-0.4, -0.2) is 30.5 Å². The van der Waals surface area contributed by atoms with Gasteiger partial charge in [0.1, 0.15) is 5.78 Å². The number of thioether (sulfide) groups is 1.